The van der Waals surface area contributed by atoms with Gasteiger partial charge in [-0.3, -0.25) is 4.79 Å². The number of hydrogen-bond donors (Lipinski definition) is 1. The molecule has 128 valence electrons. The second-order valence-corrected chi connectivity index (χ2v) is 7.03. The maximum atomic E-state index is 12.0. The molecule has 0 unspecified atom stereocenters. The number of hydrogen-bond acceptors (Lipinski definition) is 3. The van der Waals surface area contributed by atoms with Crippen LogP contribution in [-0.4, -0.2) is 24.3 Å². The Balaban J connectivity index is 1.65. The number of nitrogens with one attached hydrogen (secondary N) is 1. The fraction of sp³-hybridized carbons (Fsp3) is 0.316. The van der Waals surface area contributed by atoms with E-state index in [1.165, 1.54) is 11.1 Å². The number of thioether (sulfide) groups is 1. The van der Waals surface area contributed by atoms with Crippen LogP contribution >= 0.6 is 23.4 Å². The van der Waals surface area contributed by atoms with E-state index in [9.17, 15) is 4.79 Å². The van der Waals surface area contributed by atoms with Gasteiger partial charge < -0.3 is 10.1 Å². The summed E-state index contributed by atoms with van der Waals surface area (Å²) in [5, 5.41) is 3.55. The van der Waals surface area contributed by atoms with Crippen molar-refractivity contribution < 1.29 is 9.53 Å². The Morgan fingerprint density at radius 3 is 2.62 bits per heavy atom. The van der Waals surface area contributed by atoms with Crippen molar-refractivity contribution in [2.75, 3.05) is 12.3 Å². The average Bonchev–Trinajstić information content (AvgIpc) is 2.58. The van der Waals surface area contributed by atoms with Gasteiger partial charge in [0, 0.05) is 23.1 Å². The Morgan fingerprint density at radius 1 is 1.21 bits per heavy atom. The molecule has 0 heterocycles. The number of amides is 1. The molecule has 1 atom stereocenters. The summed E-state index contributed by atoms with van der Waals surface area (Å²) < 4.78 is 5.60. The highest BCUT2D eigenvalue weighted by Crippen LogP contribution is 2.17. The molecular weight excluding hydrogens is 342 g/mol. The summed E-state index contributed by atoms with van der Waals surface area (Å²) in [4.78, 5) is 12.0. The van der Waals surface area contributed by atoms with Crippen LogP contribution in [0.3, 0.4) is 0 Å². The molecular formula is C19H22ClNO2S. The second-order valence-electron chi connectivity index (χ2n) is 5.48. The van der Waals surface area contributed by atoms with Crippen LogP contribution in [0.4, 0.5) is 0 Å². The summed E-state index contributed by atoms with van der Waals surface area (Å²) in [5.41, 5.74) is 2.65. The lowest BCUT2D eigenvalue weighted by Gasteiger charge is -2.14. The van der Waals surface area contributed by atoms with Crippen LogP contribution in [0.15, 0.2) is 48.5 Å². The summed E-state index contributed by atoms with van der Waals surface area (Å²) in [7, 11) is 0. The van der Waals surface area contributed by atoms with Crippen LogP contribution in [0, 0.1) is 6.92 Å². The molecule has 2 aromatic rings. The van der Waals surface area contributed by atoms with Crippen LogP contribution in [0.5, 0.6) is 5.75 Å². The molecule has 0 saturated heterocycles. The minimum atomic E-state index is -0.535. The Bertz CT molecular complexity index is 661. The third-order valence-electron chi connectivity index (χ3n) is 3.56. The fourth-order valence-corrected chi connectivity index (χ4v) is 3.18. The Labute approximate surface area is 152 Å². The van der Waals surface area contributed by atoms with E-state index in [1.807, 2.05) is 17.8 Å². The Hall–Kier alpha value is -1.65. The lowest BCUT2D eigenvalue weighted by atomic mass is 10.1. The summed E-state index contributed by atoms with van der Waals surface area (Å²) in [6.07, 6.45) is -0.535. The molecule has 0 aromatic heterocycles. The van der Waals surface area contributed by atoms with Gasteiger partial charge in [0.25, 0.3) is 5.91 Å². The van der Waals surface area contributed by atoms with Crippen molar-refractivity contribution in [2.45, 2.75) is 25.7 Å². The third kappa shape index (κ3) is 6.10. The topological polar surface area (TPSA) is 38.3 Å². The van der Waals surface area contributed by atoms with Gasteiger partial charge in [-0.15, -0.1) is 0 Å². The van der Waals surface area contributed by atoms with Crippen LogP contribution in [0.1, 0.15) is 18.1 Å². The fourth-order valence-electron chi connectivity index (χ4n) is 2.12. The maximum Gasteiger partial charge on any atom is 0.260 e. The first-order valence-electron chi connectivity index (χ1n) is 7.88. The molecule has 1 amide bonds. The van der Waals surface area contributed by atoms with Crippen molar-refractivity contribution >= 4 is 29.3 Å². The molecule has 0 aliphatic carbocycles. The van der Waals surface area contributed by atoms with E-state index in [0.29, 0.717) is 17.3 Å². The van der Waals surface area contributed by atoms with Gasteiger partial charge in [0.2, 0.25) is 0 Å². The molecule has 24 heavy (non-hydrogen) atoms. The van der Waals surface area contributed by atoms with Gasteiger partial charge in [-0.25, -0.2) is 0 Å². The highest BCUT2D eigenvalue weighted by Gasteiger charge is 2.13. The molecule has 3 nitrogen and oxygen atoms in total. The number of benzene rings is 2. The predicted molar refractivity (Wildman–Crippen MR) is 102 cm³/mol. The van der Waals surface area contributed by atoms with E-state index >= 15 is 0 Å². The lowest BCUT2D eigenvalue weighted by molar-refractivity contribution is -0.127. The number of halogens is 1. The molecule has 0 fully saturated rings. The van der Waals surface area contributed by atoms with Gasteiger partial charge in [0.1, 0.15) is 5.75 Å². The SMILES string of the molecule is Cc1ccccc1CSCCNC(=O)[C@@H](C)Oc1ccc(Cl)cc1. The Morgan fingerprint density at radius 2 is 1.92 bits per heavy atom. The number of ether oxygens (including phenoxy) is 1. The monoisotopic (exact) mass is 363 g/mol. The zero-order valence-electron chi connectivity index (χ0n) is 13.9. The summed E-state index contributed by atoms with van der Waals surface area (Å²) in [6, 6.07) is 15.4. The molecule has 0 bridgehead atoms. The average molecular weight is 364 g/mol. The third-order valence-corrected chi connectivity index (χ3v) is 4.82. The van der Waals surface area contributed by atoms with E-state index in [2.05, 4.69) is 30.4 Å². The van der Waals surface area contributed by atoms with Crippen molar-refractivity contribution in [3.63, 3.8) is 0 Å². The maximum absolute atomic E-state index is 12.0. The van der Waals surface area contributed by atoms with Gasteiger partial charge >= 0.3 is 0 Å². The van der Waals surface area contributed by atoms with Gasteiger partial charge in [-0.05, 0) is 49.2 Å². The van der Waals surface area contributed by atoms with E-state index in [-0.39, 0.29) is 5.91 Å². The molecule has 5 heteroatoms. The van der Waals surface area contributed by atoms with Crippen LogP contribution in [-0.2, 0) is 10.5 Å². The first kappa shape index (κ1) is 18.7. The molecule has 2 rings (SSSR count). The quantitative estimate of drug-likeness (QED) is 0.703. The zero-order chi connectivity index (χ0) is 17.4. The molecule has 0 aliphatic rings. The second kappa shape index (κ2) is 9.60. The summed E-state index contributed by atoms with van der Waals surface area (Å²) in [5.74, 6) is 2.35. The summed E-state index contributed by atoms with van der Waals surface area (Å²) >= 11 is 7.64. The first-order valence-corrected chi connectivity index (χ1v) is 9.41. The summed E-state index contributed by atoms with van der Waals surface area (Å²) in [6.45, 7) is 4.49. The van der Waals surface area contributed by atoms with Gasteiger partial charge in [-0.1, -0.05) is 35.9 Å². The number of carbonyl (C=O) groups is 1. The molecule has 0 radical (unpaired) electrons. The number of rotatable bonds is 8. The normalized spacial score (nSPS) is 11.8. The molecule has 0 spiro atoms. The highest BCUT2D eigenvalue weighted by molar-refractivity contribution is 7.98. The van der Waals surface area contributed by atoms with Crippen LogP contribution in [0.25, 0.3) is 0 Å². The number of carbonyl (C=O) groups excluding carboxylic acids is 1. The van der Waals surface area contributed by atoms with Crippen molar-refractivity contribution in [1.29, 1.82) is 0 Å². The standard InChI is InChI=1S/C19H22ClNO2S/c1-14-5-3-4-6-16(14)13-24-12-11-21-19(22)15(2)23-18-9-7-17(20)8-10-18/h3-10,15H,11-13H2,1-2H3,(H,21,22)/t15-/m1/s1. The van der Waals surface area contributed by atoms with Crippen molar-refractivity contribution in [2.24, 2.45) is 0 Å². The van der Waals surface area contributed by atoms with E-state index in [1.54, 1.807) is 31.2 Å². The van der Waals surface area contributed by atoms with Gasteiger partial charge in [-0.2, -0.15) is 11.8 Å². The molecule has 1 N–H and O–H groups in total. The Kier molecular flexibility index (Phi) is 7.47. The smallest absolute Gasteiger partial charge is 0.260 e. The minimum absolute atomic E-state index is 0.110. The highest BCUT2D eigenvalue weighted by atomic mass is 35.5. The van der Waals surface area contributed by atoms with Gasteiger partial charge in [0.05, 0.1) is 0 Å². The first-order chi connectivity index (χ1) is 11.6. The lowest BCUT2D eigenvalue weighted by Crippen LogP contribution is -2.37. The van der Waals surface area contributed by atoms with Crippen molar-refractivity contribution in [3.8, 4) is 5.75 Å². The molecule has 2 aromatic carbocycles. The van der Waals surface area contributed by atoms with Crippen LogP contribution in [0.2, 0.25) is 5.02 Å². The van der Waals surface area contributed by atoms with Crippen molar-refractivity contribution in [3.05, 3.63) is 64.7 Å². The number of aryl methyl sites for hydroxylation is 1. The van der Waals surface area contributed by atoms with E-state index in [4.69, 9.17) is 16.3 Å². The van der Waals surface area contributed by atoms with E-state index in [0.717, 1.165) is 11.5 Å². The van der Waals surface area contributed by atoms with Gasteiger partial charge in [0.15, 0.2) is 6.10 Å². The molecule has 0 saturated carbocycles. The van der Waals surface area contributed by atoms with E-state index < -0.39 is 6.10 Å². The predicted octanol–water partition coefficient (Wildman–Crippen LogP) is 4.47. The largest absolute Gasteiger partial charge is 0.481 e. The zero-order valence-corrected chi connectivity index (χ0v) is 15.5. The molecule has 0 aliphatic heterocycles. The minimum Gasteiger partial charge on any atom is -0.481 e. The van der Waals surface area contributed by atoms with Crippen molar-refractivity contribution in [1.82, 2.24) is 5.32 Å². The van der Waals surface area contributed by atoms with Crippen LogP contribution < -0.4 is 10.1 Å².